The van der Waals surface area contributed by atoms with E-state index in [9.17, 15) is 0 Å². The Morgan fingerprint density at radius 3 is 2.58 bits per heavy atom. The molecule has 3 rings (SSSR count). The molecule has 100 valence electrons. The maximum absolute atomic E-state index is 5.93. The number of nitrogen functional groups attached to an aromatic ring is 1. The zero-order valence-electron chi connectivity index (χ0n) is 10.6. The standard InChI is InChI=1S/C14H16ClN3S/c15-11-5-3-10(4-6-11)13-12(19-14(16)17-13)9-18-7-1-2-8-18/h3-6H,1-2,7-9H2,(H2,16,17). The van der Waals surface area contributed by atoms with E-state index in [4.69, 9.17) is 17.3 Å². The Morgan fingerprint density at radius 2 is 1.89 bits per heavy atom. The average molecular weight is 294 g/mol. The molecule has 0 atom stereocenters. The van der Waals surface area contributed by atoms with Crippen LogP contribution in [0.5, 0.6) is 0 Å². The van der Waals surface area contributed by atoms with Crippen molar-refractivity contribution in [2.24, 2.45) is 0 Å². The summed E-state index contributed by atoms with van der Waals surface area (Å²) in [7, 11) is 0. The summed E-state index contributed by atoms with van der Waals surface area (Å²) in [6, 6.07) is 7.80. The molecular formula is C14H16ClN3S. The van der Waals surface area contributed by atoms with Gasteiger partial charge in [-0.3, -0.25) is 4.90 Å². The summed E-state index contributed by atoms with van der Waals surface area (Å²) in [4.78, 5) is 8.20. The summed E-state index contributed by atoms with van der Waals surface area (Å²) in [6.07, 6.45) is 2.59. The second kappa shape index (κ2) is 5.49. The summed E-state index contributed by atoms with van der Waals surface area (Å²) in [5, 5.41) is 1.38. The molecule has 1 aromatic heterocycles. The number of aromatic nitrogens is 1. The van der Waals surface area contributed by atoms with Crippen LogP contribution in [0.15, 0.2) is 24.3 Å². The van der Waals surface area contributed by atoms with Crippen molar-refractivity contribution < 1.29 is 0 Å². The molecule has 1 saturated heterocycles. The predicted octanol–water partition coefficient (Wildman–Crippen LogP) is 3.64. The van der Waals surface area contributed by atoms with E-state index >= 15 is 0 Å². The summed E-state index contributed by atoms with van der Waals surface area (Å²) in [6.45, 7) is 3.31. The minimum Gasteiger partial charge on any atom is -0.375 e. The van der Waals surface area contributed by atoms with Gasteiger partial charge < -0.3 is 5.73 Å². The highest BCUT2D eigenvalue weighted by atomic mass is 35.5. The molecule has 2 aromatic rings. The van der Waals surface area contributed by atoms with Crippen LogP contribution in [-0.4, -0.2) is 23.0 Å². The first-order valence-electron chi connectivity index (χ1n) is 6.46. The second-order valence-electron chi connectivity index (χ2n) is 4.81. The smallest absolute Gasteiger partial charge is 0.180 e. The first kappa shape index (κ1) is 12.9. The van der Waals surface area contributed by atoms with Crippen molar-refractivity contribution in [3.63, 3.8) is 0 Å². The van der Waals surface area contributed by atoms with Crippen molar-refractivity contribution in [1.29, 1.82) is 0 Å². The van der Waals surface area contributed by atoms with Gasteiger partial charge in [0.05, 0.1) is 5.69 Å². The number of nitrogens with zero attached hydrogens (tertiary/aromatic N) is 2. The van der Waals surface area contributed by atoms with Crippen molar-refractivity contribution >= 4 is 28.1 Å². The van der Waals surface area contributed by atoms with Gasteiger partial charge in [-0.25, -0.2) is 4.98 Å². The third-order valence-electron chi connectivity index (χ3n) is 3.40. The van der Waals surface area contributed by atoms with Crippen LogP contribution < -0.4 is 5.73 Å². The number of hydrogen-bond acceptors (Lipinski definition) is 4. The van der Waals surface area contributed by atoms with Crippen LogP contribution in [0.4, 0.5) is 5.13 Å². The largest absolute Gasteiger partial charge is 0.375 e. The van der Waals surface area contributed by atoms with Crippen LogP contribution in [0, 0.1) is 0 Å². The number of likely N-dealkylation sites (tertiary alicyclic amines) is 1. The molecular weight excluding hydrogens is 278 g/mol. The van der Waals surface area contributed by atoms with Gasteiger partial charge in [0, 0.05) is 22.0 Å². The molecule has 0 saturated carbocycles. The first-order valence-corrected chi connectivity index (χ1v) is 7.65. The fraction of sp³-hybridized carbons (Fsp3) is 0.357. The van der Waals surface area contributed by atoms with E-state index in [-0.39, 0.29) is 0 Å². The molecule has 19 heavy (non-hydrogen) atoms. The Hall–Kier alpha value is -1.10. The first-order chi connectivity index (χ1) is 9.22. The number of benzene rings is 1. The van der Waals surface area contributed by atoms with Crippen LogP contribution in [0.2, 0.25) is 5.02 Å². The van der Waals surface area contributed by atoms with E-state index in [1.165, 1.54) is 30.8 Å². The van der Waals surface area contributed by atoms with Crippen LogP contribution in [0.25, 0.3) is 11.3 Å². The van der Waals surface area contributed by atoms with Gasteiger partial charge in [0.1, 0.15) is 0 Å². The molecule has 1 aliphatic heterocycles. The number of anilines is 1. The van der Waals surface area contributed by atoms with Gasteiger partial charge in [0.15, 0.2) is 5.13 Å². The molecule has 1 aromatic carbocycles. The summed E-state index contributed by atoms with van der Waals surface area (Å²) < 4.78 is 0. The highest BCUT2D eigenvalue weighted by Crippen LogP contribution is 2.32. The maximum atomic E-state index is 5.93. The Morgan fingerprint density at radius 1 is 1.21 bits per heavy atom. The maximum Gasteiger partial charge on any atom is 0.180 e. The number of nitrogens with two attached hydrogens (primary N) is 1. The number of rotatable bonds is 3. The number of hydrogen-bond donors (Lipinski definition) is 1. The van der Waals surface area contributed by atoms with Gasteiger partial charge in [-0.15, -0.1) is 11.3 Å². The molecule has 0 bridgehead atoms. The lowest BCUT2D eigenvalue weighted by Gasteiger charge is -2.13. The lowest BCUT2D eigenvalue weighted by Crippen LogP contribution is -2.18. The molecule has 0 spiro atoms. The molecule has 0 aliphatic carbocycles. The molecule has 0 radical (unpaired) electrons. The quantitative estimate of drug-likeness (QED) is 0.939. The van der Waals surface area contributed by atoms with E-state index in [0.29, 0.717) is 5.13 Å². The van der Waals surface area contributed by atoms with Gasteiger partial charge in [0.25, 0.3) is 0 Å². The fourth-order valence-corrected chi connectivity index (χ4v) is 3.48. The monoisotopic (exact) mass is 293 g/mol. The lowest BCUT2D eigenvalue weighted by atomic mass is 10.1. The van der Waals surface area contributed by atoms with Crippen molar-refractivity contribution in [3.8, 4) is 11.3 Å². The van der Waals surface area contributed by atoms with E-state index in [0.717, 1.165) is 22.8 Å². The van der Waals surface area contributed by atoms with Crippen LogP contribution in [0.3, 0.4) is 0 Å². The molecule has 0 amide bonds. The topological polar surface area (TPSA) is 42.1 Å². The third kappa shape index (κ3) is 2.91. The average Bonchev–Trinajstić information content (AvgIpc) is 3.01. The molecule has 1 aliphatic rings. The van der Waals surface area contributed by atoms with Crippen LogP contribution >= 0.6 is 22.9 Å². The van der Waals surface area contributed by atoms with Gasteiger partial charge >= 0.3 is 0 Å². The van der Waals surface area contributed by atoms with Gasteiger partial charge in [-0.05, 0) is 38.1 Å². The summed E-state index contributed by atoms with van der Waals surface area (Å²) in [5.41, 5.74) is 7.98. The lowest BCUT2D eigenvalue weighted by molar-refractivity contribution is 0.334. The zero-order chi connectivity index (χ0) is 13.2. The number of thiazole rings is 1. The highest BCUT2D eigenvalue weighted by molar-refractivity contribution is 7.15. The van der Waals surface area contributed by atoms with E-state index in [1.54, 1.807) is 11.3 Å². The van der Waals surface area contributed by atoms with Gasteiger partial charge in [-0.2, -0.15) is 0 Å². The molecule has 1 fully saturated rings. The Bertz CT molecular complexity index is 559. The molecule has 5 heteroatoms. The van der Waals surface area contributed by atoms with E-state index < -0.39 is 0 Å². The minimum atomic E-state index is 0.638. The van der Waals surface area contributed by atoms with Crippen LogP contribution in [0.1, 0.15) is 17.7 Å². The molecule has 3 nitrogen and oxygen atoms in total. The molecule has 2 heterocycles. The van der Waals surface area contributed by atoms with Crippen molar-refractivity contribution in [2.75, 3.05) is 18.8 Å². The minimum absolute atomic E-state index is 0.638. The normalized spacial score (nSPS) is 16.1. The molecule has 2 N–H and O–H groups in total. The Kier molecular flexibility index (Phi) is 3.73. The van der Waals surface area contributed by atoms with E-state index in [2.05, 4.69) is 9.88 Å². The molecule has 0 unspecified atom stereocenters. The van der Waals surface area contributed by atoms with E-state index in [1.807, 2.05) is 24.3 Å². The Labute approximate surface area is 122 Å². The third-order valence-corrected chi connectivity index (χ3v) is 4.52. The van der Waals surface area contributed by atoms with Crippen LogP contribution in [-0.2, 0) is 6.54 Å². The van der Waals surface area contributed by atoms with Crippen molar-refractivity contribution in [1.82, 2.24) is 9.88 Å². The fourth-order valence-electron chi connectivity index (χ4n) is 2.45. The second-order valence-corrected chi connectivity index (χ2v) is 6.37. The van der Waals surface area contributed by atoms with Gasteiger partial charge in [-0.1, -0.05) is 23.7 Å². The predicted molar refractivity (Wildman–Crippen MR) is 81.5 cm³/mol. The SMILES string of the molecule is Nc1nc(-c2ccc(Cl)cc2)c(CN2CCCC2)s1. The highest BCUT2D eigenvalue weighted by Gasteiger charge is 2.17. The number of halogens is 1. The van der Waals surface area contributed by atoms with Gasteiger partial charge in [0.2, 0.25) is 0 Å². The zero-order valence-corrected chi connectivity index (χ0v) is 12.2. The summed E-state index contributed by atoms with van der Waals surface area (Å²) >= 11 is 7.52. The van der Waals surface area contributed by atoms with Crippen molar-refractivity contribution in [2.45, 2.75) is 19.4 Å². The van der Waals surface area contributed by atoms with Crippen molar-refractivity contribution in [3.05, 3.63) is 34.2 Å². The summed E-state index contributed by atoms with van der Waals surface area (Å²) in [5.74, 6) is 0. The Balaban J connectivity index is 1.89.